The van der Waals surface area contributed by atoms with Gasteiger partial charge in [-0.05, 0) is 38.2 Å². The van der Waals surface area contributed by atoms with E-state index in [0.717, 1.165) is 16.4 Å². The third-order valence-electron chi connectivity index (χ3n) is 3.74. The quantitative estimate of drug-likeness (QED) is 0.843. The molecule has 1 aromatic carbocycles. The first-order valence-electron chi connectivity index (χ1n) is 7.33. The second kappa shape index (κ2) is 6.73. The van der Waals surface area contributed by atoms with Crippen LogP contribution >= 0.6 is 27.5 Å². The van der Waals surface area contributed by atoms with Gasteiger partial charge in [0.1, 0.15) is 11.9 Å². The summed E-state index contributed by atoms with van der Waals surface area (Å²) in [6.07, 6.45) is -0.473. The highest BCUT2D eigenvalue weighted by atomic mass is 79.9. The molecule has 0 radical (unpaired) electrons. The first kappa shape index (κ1) is 16.6. The van der Waals surface area contributed by atoms with Crippen LogP contribution in [0.5, 0.6) is 0 Å². The average Bonchev–Trinajstić information content (AvgIpc) is 2.50. The maximum Gasteiger partial charge on any atom is 0.256 e. The van der Waals surface area contributed by atoms with Gasteiger partial charge in [-0.25, -0.2) is 4.98 Å². The van der Waals surface area contributed by atoms with E-state index in [1.54, 1.807) is 12.1 Å². The van der Waals surface area contributed by atoms with E-state index in [-0.39, 0.29) is 12.0 Å². The molecule has 3 rings (SSSR count). The molecule has 7 heteroatoms. The van der Waals surface area contributed by atoms with Crippen LogP contribution in [0.1, 0.15) is 6.92 Å². The molecule has 0 spiro atoms. The fourth-order valence-corrected chi connectivity index (χ4v) is 3.39. The monoisotopic (exact) mass is 397 g/mol. The zero-order valence-electron chi connectivity index (χ0n) is 12.8. The summed E-state index contributed by atoms with van der Waals surface area (Å²) in [6, 6.07) is 7.28. The number of carbonyl (C=O) groups excluding carboxylic acids is 1. The standard InChI is InChI=1S/C16H17BrClN3O2/c1-9-7-21(2)8-13(23-9)16(22)20-14-6-3-10-11(17)4-5-12(18)15(10)19-14/h3-6,9,13H,7-8H2,1-2H3,(H,19,20,22)/t9-,13-/m1/s1. The number of nitrogens with zero attached hydrogens (tertiary/aromatic N) is 2. The summed E-state index contributed by atoms with van der Waals surface area (Å²) in [7, 11) is 1.98. The van der Waals surface area contributed by atoms with Gasteiger partial charge < -0.3 is 15.0 Å². The third kappa shape index (κ3) is 3.66. The van der Waals surface area contributed by atoms with E-state index in [1.165, 1.54) is 0 Å². The molecule has 5 nitrogen and oxygen atoms in total. The number of fused-ring (bicyclic) bond motifs is 1. The van der Waals surface area contributed by atoms with Crippen molar-refractivity contribution in [2.75, 3.05) is 25.5 Å². The minimum absolute atomic E-state index is 0.0273. The predicted molar refractivity (Wildman–Crippen MR) is 94.9 cm³/mol. The van der Waals surface area contributed by atoms with Crippen LogP contribution in [-0.2, 0) is 9.53 Å². The second-order valence-corrected chi connectivity index (χ2v) is 7.03. The van der Waals surface area contributed by atoms with Gasteiger partial charge in [-0.3, -0.25) is 4.79 Å². The van der Waals surface area contributed by atoms with Crippen molar-refractivity contribution in [1.29, 1.82) is 0 Å². The zero-order valence-corrected chi connectivity index (χ0v) is 15.2. The number of amides is 1. The zero-order chi connectivity index (χ0) is 16.6. The summed E-state index contributed by atoms with van der Waals surface area (Å²) >= 11 is 9.67. The number of likely N-dealkylation sites (N-methyl/N-ethyl adjacent to an activating group) is 1. The number of aromatic nitrogens is 1. The van der Waals surface area contributed by atoms with Gasteiger partial charge in [-0.15, -0.1) is 0 Å². The summed E-state index contributed by atoms with van der Waals surface area (Å²) in [6.45, 7) is 3.35. The SMILES string of the molecule is C[C@@H]1CN(C)C[C@H](C(=O)Nc2ccc3c(Br)ccc(Cl)c3n2)O1. The van der Waals surface area contributed by atoms with Crippen LogP contribution < -0.4 is 5.32 Å². The lowest BCUT2D eigenvalue weighted by molar-refractivity contribution is -0.139. The van der Waals surface area contributed by atoms with Crippen LogP contribution in [0.15, 0.2) is 28.7 Å². The summed E-state index contributed by atoms with van der Waals surface area (Å²) in [5, 5.41) is 4.26. The Labute approximate surface area is 148 Å². The Morgan fingerprint density at radius 1 is 1.39 bits per heavy atom. The van der Waals surface area contributed by atoms with Gasteiger partial charge >= 0.3 is 0 Å². The number of morpholine rings is 1. The molecule has 1 fully saturated rings. The molecule has 0 bridgehead atoms. The normalized spacial score (nSPS) is 22.3. The highest BCUT2D eigenvalue weighted by Gasteiger charge is 2.28. The molecule has 1 aliphatic rings. The predicted octanol–water partition coefficient (Wildman–Crippen LogP) is 3.31. The number of halogens is 2. The molecule has 1 N–H and O–H groups in total. The Morgan fingerprint density at radius 3 is 2.91 bits per heavy atom. The van der Waals surface area contributed by atoms with E-state index in [0.29, 0.717) is 22.9 Å². The van der Waals surface area contributed by atoms with E-state index in [9.17, 15) is 4.79 Å². The molecule has 2 aromatic rings. The first-order valence-corrected chi connectivity index (χ1v) is 8.51. The van der Waals surface area contributed by atoms with Gasteiger partial charge in [0, 0.05) is 22.9 Å². The second-order valence-electron chi connectivity index (χ2n) is 5.77. The van der Waals surface area contributed by atoms with Crippen LogP contribution in [0.4, 0.5) is 5.82 Å². The topological polar surface area (TPSA) is 54.5 Å². The number of rotatable bonds is 2. The van der Waals surface area contributed by atoms with E-state index in [2.05, 4.69) is 31.1 Å². The van der Waals surface area contributed by atoms with Crippen molar-refractivity contribution in [3.8, 4) is 0 Å². The summed E-state index contributed by atoms with van der Waals surface area (Å²) in [5.74, 6) is 0.272. The van der Waals surface area contributed by atoms with Crippen molar-refractivity contribution in [3.63, 3.8) is 0 Å². The molecule has 1 amide bonds. The molecule has 0 aliphatic carbocycles. The lowest BCUT2D eigenvalue weighted by Crippen LogP contribution is -2.49. The minimum Gasteiger partial charge on any atom is -0.363 e. The summed E-state index contributed by atoms with van der Waals surface area (Å²) < 4.78 is 6.62. The molecular weight excluding hydrogens is 382 g/mol. The van der Waals surface area contributed by atoms with Crippen molar-refractivity contribution in [2.24, 2.45) is 0 Å². The highest BCUT2D eigenvalue weighted by molar-refractivity contribution is 9.10. The van der Waals surface area contributed by atoms with Gasteiger partial charge in [0.25, 0.3) is 5.91 Å². The fourth-order valence-electron chi connectivity index (χ4n) is 2.73. The number of anilines is 1. The highest BCUT2D eigenvalue weighted by Crippen LogP contribution is 2.29. The van der Waals surface area contributed by atoms with Crippen LogP contribution in [0, 0.1) is 0 Å². The van der Waals surface area contributed by atoms with Crippen molar-refractivity contribution < 1.29 is 9.53 Å². The van der Waals surface area contributed by atoms with Gasteiger partial charge in [0.2, 0.25) is 0 Å². The lowest BCUT2D eigenvalue weighted by atomic mass is 10.2. The largest absolute Gasteiger partial charge is 0.363 e. The van der Waals surface area contributed by atoms with Gasteiger partial charge in [0.05, 0.1) is 16.6 Å². The van der Waals surface area contributed by atoms with Gasteiger partial charge in [-0.2, -0.15) is 0 Å². The van der Waals surface area contributed by atoms with E-state index in [1.807, 2.05) is 26.1 Å². The maximum atomic E-state index is 12.4. The maximum absolute atomic E-state index is 12.4. The molecule has 2 atom stereocenters. The molecule has 0 unspecified atom stereocenters. The third-order valence-corrected chi connectivity index (χ3v) is 4.74. The Bertz CT molecular complexity index is 745. The van der Waals surface area contributed by atoms with Crippen molar-refractivity contribution >= 4 is 50.2 Å². The Balaban J connectivity index is 1.81. The molecule has 1 saturated heterocycles. The van der Waals surface area contributed by atoms with Crippen molar-refractivity contribution in [2.45, 2.75) is 19.1 Å². The summed E-state index contributed by atoms with van der Waals surface area (Å²) in [5.41, 5.74) is 0.647. The number of hydrogen-bond donors (Lipinski definition) is 1. The Hall–Kier alpha value is -1.21. The molecule has 122 valence electrons. The Kier molecular flexibility index (Phi) is 4.87. The van der Waals surface area contributed by atoms with E-state index < -0.39 is 6.10 Å². The van der Waals surface area contributed by atoms with Crippen molar-refractivity contribution in [3.05, 3.63) is 33.8 Å². The number of carbonyl (C=O) groups is 1. The number of hydrogen-bond acceptors (Lipinski definition) is 4. The minimum atomic E-state index is -0.501. The average molecular weight is 399 g/mol. The first-order chi connectivity index (χ1) is 10.9. The van der Waals surface area contributed by atoms with E-state index in [4.69, 9.17) is 16.3 Å². The van der Waals surface area contributed by atoms with E-state index >= 15 is 0 Å². The number of nitrogens with one attached hydrogen (secondary N) is 1. The number of pyridine rings is 1. The smallest absolute Gasteiger partial charge is 0.256 e. The van der Waals surface area contributed by atoms with Crippen molar-refractivity contribution in [1.82, 2.24) is 9.88 Å². The molecule has 0 saturated carbocycles. The van der Waals surface area contributed by atoms with Gasteiger partial charge in [0.15, 0.2) is 0 Å². The number of ether oxygens (including phenoxy) is 1. The molecule has 1 aromatic heterocycles. The van der Waals surface area contributed by atoms with Crippen LogP contribution in [0.2, 0.25) is 5.02 Å². The molecule has 1 aliphatic heterocycles. The van der Waals surface area contributed by atoms with Crippen LogP contribution in [0.3, 0.4) is 0 Å². The summed E-state index contributed by atoms with van der Waals surface area (Å²) in [4.78, 5) is 18.9. The lowest BCUT2D eigenvalue weighted by Gasteiger charge is -2.33. The Morgan fingerprint density at radius 2 is 2.17 bits per heavy atom. The van der Waals surface area contributed by atoms with Crippen LogP contribution in [0.25, 0.3) is 10.9 Å². The molecule has 23 heavy (non-hydrogen) atoms. The molecular formula is C16H17BrClN3O2. The van der Waals surface area contributed by atoms with Gasteiger partial charge in [-0.1, -0.05) is 27.5 Å². The molecule has 2 heterocycles. The number of benzene rings is 1. The van der Waals surface area contributed by atoms with Crippen LogP contribution in [-0.4, -0.2) is 48.1 Å². The fraction of sp³-hybridized carbons (Fsp3) is 0.375.